The summed E-state index contributed by atoms with van der Waals surface area (Å²) in [6, 6.07) is 21.1. The highest BCUT2D eigenvalue weighted by Gasteiger charge is 2.36. The van der Waals surface area contributed by atoms with Crippen LogP contribution in [0.3, 0.4) is 0 Å². The Hall–Kier alpha value is -3.11. The van der Waals surface area contributed by atoms with Gasteiger partial charge >= 0.3 is 5.97 Å². The predicted molar refractivity (Wildman–Crippen MR) is 163 cm³/mol. The van der Waals surface area contributed by atoms with Crippen LogP contribution in [0.5, 0.6) is 5.75 Å². The molecule has 0 saturated heterocycles. The largest absolute Gasteiger partial charge is 0.425 e. The molecule has 1 aliphatic rings. The van der Waals surface area contributed by atoms with E-state index in [9.17, 15) is 15.3 Å². The van der Waals surface area contributed by atoms with Crippen LogP contribution >= 0.6 is 0 Å². The van der Waals surface area contributed by atoms with Crippen LogP contribution in [0.2, 0.25) is 0 Å². The van der Waals surface area contributed by atoms with Crippen molar-refractivity contribution in [2.24, 2.45) is 10.8 Å². The molecule has 1 aliphatic carbocycles. The number of carbonyl (C=O) groups excluding carboxylic acids is 1. The number of unbranched alkanes of at least 4 members (excludes halogenated alkanes) is 7. The molecule has 0 heterocycles. The van der Waals surface area contributed by atoms with Crippen molar-refractivity contribution in [3.05, 3.63) is 54.1 Å². The van der Waals surface area contributed by atoms with Gasteiger partial charge in [-0.25, -0.2) is 4.79 Å². The van der Waals surface area contributed by atoms with Crippen molar-refractivity contribution >= 4 is 5.97 Å². The maximum Gasteiger partial charge on any atom is 0.331 e. The summed E-state index contributed by atoms with van der Waals surface area (Å²) in [6.07, 6.45) is 17.0. The van der Waals surface area contributed by atoms with E-state index in [1.807, 2.05) is 19.1 Å². The molecule has 1 fully saturated rings. The lowest BCUT2D eigenvalue weighted by Crippen LogP contribution is -2.30. The topological polar surface area (TPSA) is 73.9 Å². The molecular formula is C36H48N2O2. The molecule has 0 aromatic heterocycles. The average molecular weight is 541 g/mol. The number of benzene rings is 2. The SMILES string of the molecule is CCCCCCCCCCC1(C#N)CCC(c2ccc(-c3ccc(OC(=O)C(C)(C#N)CCC)cc3)cc2)CC1. The van der Waals surface area contributed by atoms with Gasteiger partial charge in [-0.2, -0.15) is 10.5 Å². The summed E-state index contributed by atoms with van der Waals surface area (Å²) in [6.45, 7) is 5.85. The molecular weight excluding hydrogens is 492 g/mol. The zero-order valence-electron chi connectivity index (χ0n) is 25.0. The maximum absolute atomic E-state index is 12.5. The summed E-state index contributed by atoms with van der Waals surface area (Å²) >= 11 is 0. The second kappa shape index (κ2) is 15.6. The molecule has 40 heavy (non-hydrogen) atoms. The van der Waals surface area contributed by atoms with E-state index in [2.05, 4.69) is 43.3 Å². The van der Waals surface area contributed by atoms with Crippen molar-refractivity contribution < 1.29 is 9.53 Å². The fraction of sp³-hybridized carbons (Fsp3) is 0.583. The minimum absolute atomic E-state index is 0.120. The van der Waals surface area contributed by atoms with Gasteiger partial charge in [-0.05, 0) is 80.2 Å². The first-order chi connectivity index (χ1) is 19.4. The Morgan fingerprint density at radius 3 is 1.93 bits per heavy atom. The van der Waals surface area contributed by atoms with E-state index in [0.717, 1.165) is 49.7 Å². The number of hydrogen-bond donors (Lipinski definition) is 0. The van der Waals surface area contributed by atoms with Gasteiger partial charge in [-0.1, -0.05) is 108 Å². The van der Waals surface area contributed by atoms with Gasteiger partial charge in [0.2, 0.25) is 0 Å². The van der Waals surface area contributed by atoms with Gasteiger partial charge in [0.25, 0.3) is 0 Å². The molecule has 1 saturated carbocycles. The minimum Gasteiger partial charge on any atom is -0.425 e. The molecule has 214 valence electrons. The molecule has 0 bridgehead atoms. The van der Waals surface area contributed by atoms with Crippen LogP contribution in [-0.4, -0.2) is 5.97 Å². The fourth-order valence-electron chi connectivity index (χ4n) is 6.11. The monoisotopic (exact) mass is 540 g/mol. The van der Waals surface area contributed by atoms with Crippen LogP contribution in [0, 0.1) is 33.5 Å². The maximum atomic E-state index is 12.5. The summed E-state index contributed by atoms with van der Waals surface area (Å²) in [5, 5.41) is 19.4. The Morgan fingerprint density at radius 2 is 1.40 bits per heavy atom. The van der Waals surface area contributed by atoms with Crippen molar-refractivity contribution in [1.29, 1.82) is 10.5 Å². The highest BCUT2D eigenvalue weighted by Crippen LogP contribution is 2.46. The molecule has 0 aliphatic heterocycles. The summed E-state index contributed by atoms with van der Waals surface area (Å²) in [7, 11) is 0. The molecule has 3 rings (SSSR count). The Morgan fingerprint density at radius 1 is 0.850 bits per heavy atom. The van der Waals surface area contributed by atoms with E-state index >= 15 is 0 Å². The van der Waals surface area contributed by atoms with E-state index in [-0.39, 0.29) is 5.41 Å². The quantitative estimate of drug-likeness (QED) is 0.128. The predicted octanol–water partition coefficient (Wildman–Crippen LogP) is 10.3. The molecule has 1 unspecified atom stereocenters. The number of hydrogen-bond acceptors (Lipinski definition) is 4. The first-order valence-electron chi connectivity index (χ1n) is 15.6. The fourth-order valence-corrected chi connectivity index (χ4v) is 6.11. The molecule has 4 heteroatoms. The zero-order valence-corrected chi connectivity index (χ0v) is 25.0. The first-order valence-corrected chi connectivity index (χ1v) is 15.6. The number of ether oxygens (including phenoxy) is 1. The Balaban J connectivity index is 1.48. The van der Waals surface area contributed by atoms with Gasteiger partial charge in [0.1, 0.15) is 5.75 Å². The lowest BCUT2D eigenvalue weighted by atomic mass is 9.67. The number of rotatable bonds is 15. The van der Waals surface area contributed by atoms with Gasteiger partial charge in [0, 0.05) is 0 Å². The van der Waals surface area contributed by atoms with Crippen molar-refractivity contribution in [3.8, 4) is 29.0 Å². The van der Waals surface area contributed by atoms with Crippen LogP contribution < -0.4 is 4.74 Å². The van der Waals surface area contributed by atoms with E-state index < -0.39 is 11.4 Å². The summed E-state index contributed by atoms with van der Waals surface area (Å²) < 4.78 is 5.51. The van der Waals surface area contributed by atoms with Crippen LogP contribution in [-0.2, 0) is 4.79 Å². The van der Waals surface area contributed by atoms with E-state index in [4.69, 9.17) is 4.74 Å². The van der Waals surface area contributed by atoms with E-state index in [1.54, 1.807) is 19.1 Å². The molecule has 0 spiro atoms. The standard InChI is InChI=1S/C36H48N2O2/c1-4-6-7-8-9-10-11-12-24-36(28-38)25-21-32(22-26-36)30-15-13-29(14-16-30)31-17-19-33(20-18-31)40-34(39)35(3,27-37)23-5-2/h13-20,32H,4-12,21-26H2,1-3H3. The van der Waals surface area contributed by atoms with Crippen molar-refractivity contribution in [2.45, 2.75) is 123 Å². The van der Waals surface area contributed by atoms with E-state index in [1.165, 1.54) is 56.9 Å². The second-order valence-electron chi connectivity index (χ2n) is 12.1. The van der Waals surface area contributed by atoms with E-state index in [0.29, 0.717) is 18.1 Å². The Bertz CT molecular complexity index is 1130. The summed E-state index contributed by atoms with van der Waals surface area (Å²) in [5.74, 6) is 0.478. The van der Waals surface area contributed by atoms with Gasteiger partial charge in [-0.15, -0.1) is 0 Å². The van der Waals surface area contributed by atoms with Crippen molar-refractivity contribution in [1.82, 2.24) is 0 Å². The third-order valence-electron chi connectivity index (χ3n) is 8.92. The lowest BCUT2D eigenvalue weighted by molar-refractivity contribution is -0.142. The van der Waals surface area contributed by atoms with Crippen LogP contribution in [0.15, 0.2) is 48.5 Å². The minimum atomic E-state index is -1.12. The van der Waals surface area contributed by atoms with Crippen molar-refractivity contribution in [2.75, 3.05) is 0 Å². The molecule has 0 amide bonds. The molecule has 0 radical (unpaired) electrons. The van der Waals surface area contributed by atoms with Gasteiger partial charge in [-0.3, -0.25) is 0 Å². The van der Waals surface area contributed by atoms with Gasteiger partial charge in [0.05, 0.1) is 17.6 Å². The molecule has 2 aromatic rings. The third-order valence-corrected chi connectivity index (χ3v) is 8.92. The number of nitriles is 2. The number of nitrogens with zero attached hydrogens (tertiary/aromatic N) is 2. The zero-order chi connectivity index (χ0) is 28.8. The Labute approximate surface area is 242 Å². The number of carbonyl (C=O) groups is 1. The summed E-state index contributed by atoms with van der Waals surface area (Å²) in [4.78, 5) is 12.5. The lowest BCUT2D eigenvalue weighted by Gasteiger charge is -2.35. The average Bonchev–Trinajstić information content (AvgIpc) is 2.99. The molecule has 2 aromatic carbocycles. The molecule has 1 atom stereocenters. The van der Waals surface area contributed by atoms with Crippen molar-refractivity contribution in [3.63, 3.8) is 0 Å². The normalized spacial score (nSPS) is 20.2. The first kappa shape index (κ1) is 31.4. The second-order valence-corrected chi connectivity index (χ2v) is 12.1. The van der Waals surface area contributed by atoms with Crippen LogP contribution in [0.4, 0.5) is 0 Å². The third kappa shape index (κ3) is 8.69. The van der Waals surface area contributed by atoms with Crippen LogP contribution in [0.1, 0.15) is 129 Å². The van der Waals surface area contributed by atoms with Crippen LogP contribution in [0.25, 0.3) is 11.1 Å². The summed E-state index contributed by atoms with van der Waals surface area (Å²) in [5.41, 5.74) is 2.29. The van der Waals surface area contributed by atoms with Gasteiger partial charge in [0.15, 0.2) is 5.41 Å². The highest BCUT2D eigenvalue weighted by molar-refractivity contribution is 5.81. The molecule has 4 nitrogen and oxygen atoms in total. The number of esters is 1. The smallest absolute Gasteiger partial charge is 0.331 e. The highest BCUT2D eigenvalue weighted by atomic mass is 16.5. The van der Waals surface area contributed by atoms with Gasteiger partial charge < -0.3 is 4.74 Å². The molecule has 0 N–H and O–H groups in total. The Kier molecular flexibility index (Phi) is 12.3.